The topological polar surface area (TPSA) is 84.3 Å². The highest BCUT2D eigenvalue weighted by atomic mass is 35.5. The number of carbonyl (C=O) groups is 1. The van der Waals surface area contributed by atoms with Gasteiger partial charge in [-0.25, -0.2) is 8.42 Å². The standard InChI is InChI=1S/C20H27ClN4O3S/c1-14-7-8-17(21)13-18(14)22-19(26)9-12-25-16(3)20(15(2)23-25)29(27,28)24-10-5-4-6-11-24/h7-8,13H,4-6,9-12H2,1-3H3,(H,22,26). The molecule has 2 heterocycles. The lowest BCUT2D eigenvalue weighted by atomic mass is 10.2. The minimum atomic E-state index is -3.57. The van der Waals surface area contributed by atoms with Gasteiger partial charge in [0, 0.05) is 30.2 Å². The third-order valence-electron chi connectivity index (χ3n) is 5.25. The van der Waals surface area contributed by atoms with Crippen LogP contribution in [0.15, 0.2) is 23.1 Å². The lowest BCUT2D eigenvalue weighted by Crippen LogP contribution is -2.36. The number of amides is 1. The molecule has 1 amide bonds. The van der Waals surface area contributed by atoms with E-state index in [0.717, 1.165) is 24.8 Å². The molecule has 0 atom stereocenters. The van der Waals surface area contributed by atoms with Crippen molar-refractivity contribution in [2.75, 3.05) is 18.4 Å². The van der Waals surface area contributed by atoms with Crippen molar-refractivity contribution < 1.29 is 13.2 Å². The van der Waals surface area contributed by atoms with Crippen molar-refractivity contribution in [2.24, 2.45) is 0 Å². The van der Waals surface area contributed by atoms with Gasteiger partial charge >= 0.3 is 0 Å². The van der Waals surface area contributed by atoms with E-state index >= 15 is 0 Å². The third-order valence-corrected chi connectivity index (χ3v) is 7.64. The molecular formula is C20H27ClN4O3S. The molecule has 9 heteroatoms. The Balaban J connectivity index is 1.71. The predicted molar refractivity (Wildman–Crippen MR) is 114 cm³/mol. The van der Waals surface area contributed by atoms with E-state index in [1.807, 2.05) is 13.0 Å². The van der Waals surface area contributed by atoms with E-state index < -0.39 is 10.0 Å². The van der Waals surface area contributed by atoms with Crippen molar-refractivity contribution in [1.82, 2.24) is 14.1 Å². The molecule has 0 unspecified atom stereocenters. The Morgan fingerprint density at radius 1 is 1.17 bits per heavy atom. The van der Waals surface area contributed by atoms with Crippen molar-refractivity contribution in [3.63, 3.8) is 0 Å². The van der Waals surface area contributed by atoms with Crippen molar-refractivity contribution in [3.05, 3.63) is 40.2 Å². The van der Waals surface area contributed by atoms with Gasteiger partial charge < -0.3 is 5.32 Å². The number of hydrogen-bond acceptors (Lipinski definition) is 4. The van der Waals surface area contributed by atoms with Gasteiger partial charge in [0.05, 0.1) is 17.9 Å². The predicted octanol–water partition coefficient (Wildman–Crippen LogP) is 3.67. The lowest BCUT2D eigenvalue weighted by molar-refractivity contribution is -0.116. The van der Waals surface area contributed by atoms with Crippen LogP contribution in [0.3, 0.4) is 0 Å². The van der Waals surface area contributed by atoms with Crippen molar-refractivity contribution >= 4 is 33.2 Å². The summed E-state index contributed by atoms with van der Waals surface area (Å²) >= 11 is 5.99. The molecule has 3 rings (SSSR count). The molecular weight excluding hydrogens is 412 g/mol. The SMILES string of the molecule is Cc1ccc(Cl)cc1NC(=O)CCn1nc(C)c(S(=O)(=O)N2CCCCC2)c1C. The summed E-state index contributed by atoms with van der Waals surface area (Å²) in [6, 6.07) is 5.32. The number of rotatable bonds is 6. The van der Waals surface area contributed by atoms with E-state index in [1.54, 1.807) is 35.0 Å². The zero-order chi connectivity index (χ0) is 21.2. The molecule has 1 saturated heterocycles. The molecule has 1 aromatic heterocycles. The first-order chi connectivity index (χ1) is 13.7. The summed E-state index contributed by atoms with van der Waals surface area (Å²) in [6.45, 7) is 6.74. The fraction of sp³-hybridized carbons (Fsp3) is 0.500. The van der Waals surface area contributed by atoms with E-state index in [9.17, 15) is 13.2 Å². The number of carbonyl (C=O) groups excluding carboxylic acids is 1. The minimum absolute atomic E-state index is 0.177. The molecule has 7 nitrogen and oxygen atoms in total. The molecule has 1 N–H and O–H groups in total. The Morgan fingerprint density at radius 3 is 2.55 bits per heavy atom. The molecule has 1 aromatic carbocycles. The lowest BCUT2D eigenvalue weighted by Gasteiger charge is -2.26. The third kappa shape index (κ3) is 4.82. The Bertz CT molecular complexity index is 1010. The quantitative estimate of drug-likeness (QED) is 0.745. The number of benzene rings is 1. The molecule has 0 saturated carbocycles. The van der Waals surface area contributed by atoms with Crippen LogP contribution in [0.2, 0.25) is 5.02 Å². The Hall–Kier alpha value is -1.90. The van der Waals surface area contributed by atoms with Crippen LogP contribution in [-0.2, 0) is 21.4 Å². The summed E-state index contributed by atoms with van der Waals surface area (Å²) in [4.78, 5) is 12.6. The van der Waals surface area contributed by atoms with Crippen LogP contribution in [0.5, 0.6) is 0 Å². The summed E-state index contributed by atoms with van der Waals surface area (Å²) < 4.78 is 29.3. The normalized spacial score (nSPS) is 15.4. The number of nitrogens with one attached hydrogen (secondary N) is 1. The molecule has 0 radical (unpaired) electrons. The van der Waals surface area contributed by atoms with Crippen LogP contribution in [0.1, 0.15) is 42.6 Å². The summed E-state index contributed by atoms with van der Waals surface area (Å²) in [5.74, 6) is -0.177. The average molecular weight is 439 g/mol. The first kappa shape index (κ1) is 21.8. The number of piperidine rings is 1. The number of nitrogens with zero attached hydrogens (tertiary/aromatic N) is 3. The van der Waals surface area contributed by atoms with Crippen molar-refractivity contribution in [3.8, 4) is 0 Å². The van der Waals surface area contributed by atoms with Crippen LogP contribution in [0, 0.1) is 20.8 Å². The summed E-state index contributed by atoms with van der Waals surface area (Å²) in [6.07, 6.45) is 3.00. The highest BCUT2D eigenvalue weighted by Gasteiger charge is 2.31. The van der Waals surface area contributed by atoms with Crippen LogP contribution < -0.4 is 5.32 Å². The molecule has 1 fully saturated rings. The van der Waals surface area contributed by atoms with E-state index in [1.165, 1.54) is 0 Å². The van der Waals surface area contributed by atoms with Gasteiger partial charge in [0.1, 0.15) is 4.90 Å². The maximum Gasteiger partial charge on any atom is 0.246 e. The molecule has 158 valence electrons. The molecule has 0 bridgehead atoms. The van der Waals surface area contributed by atoms with E-state index in [-0.39, 0.29) is 17.2 Å². The minimum Gasteiger partial charge on any atom is -0.326 e. The van der Waals surface area contributed by atoms with Crippen molar-refractivity contribution in [1.29, 1.82) is 0 Å². The van der Waals surface area contributed by atoms with E-state index in [4.69, 9.17) is 11.6 Å². The number of sulfonamides is 1. The number of halogens is 1. The monoisotopic (exact) mass is 438 g/mol. The number of aryl methyl sites for hydroxylation is 3. The van der Waals surface area contributed by atoms with Gasteiger partial charge in [-0.05, 0) is 51.3 Å². The van der Waals surface area contributed by atoms with Crippen LogP contribution in [0.4, 0.5) is 5.69 Å². The van der Waals surface area contributed by atoms with Gasteiger partial charge in [-0.1, -0.05) is 24.1 Å². The van der Waals surface area contributed by atoms with Crippen LogP contribution in [-0.4, -0.2) is 41.5 Å². The summed E-state index contributed by atoms with van der Waals surface area (Å²) in [5, 5.41) is 7.80. The van der Waals surface area contributed by atoms with Crippen molar-refractivity contribution in [2.45, 2.75) is 57.9 Å². The average Bonchev–Trinajstić information content (AvgIpc) is 2.97. The molecule has 2 aromatic rings. The maximum absolute atomic E-state index is 13.1. The number of aromatic nitrogens is 2. The smallest absolute Gasteiger partial charge is 0.246 e. The van der Waals surface area contributed by atoms with Gasteiger partial charge in [0.2, 0.25) is 15.9 Å². The van der Waals surface area contributed by atoms with Crippen LogP contribution in [0.25, 0.3) is 0 Å². The Kier molecular flexibility index (Phi) is 6.65. The van der Waals surface area contributed by atoms with Gasteiger partial charge in [-0.2, -0.15) is 9.40 Å². The molecule has 29 heavy (non-hydrogen) atoms. The second kappa shape index (κ2) is 8.85. The van der Waals surface area contributed by atoms with Gasteiger partial charge in [0.15, 0.2) is 0 Å². The fourth-order valence-electron chi connectivity index (χ4n) is 3.65. The highest BCUT2D eigenvalue weighted by Crippen LogP contribution is 2.26. The zero-order valence-corrected chi connectivity index (χ0v) is 18.6. The zero-order valence-electron chi connectivity index (χ0n) is 17.0. The molecule has 1 aliphatic rings. The highest BCUT2D eigenvalue weighted by molar-refractivity contribution is 7.89. The van der Waals surface area contributed by atoms with E-state index in [0.29, 0.717) is 41.7 Å². The summed E-state index contributed by atoms with van der Waals surface area (Å²) in [7, 11) is -3.57. The Morgan fingerprint density at radius 2 is 1.86 bits per heavy atom. The van der Waals surface area contributed by atoms with Crippen LogP contribution >= 0.6 is 11.6 Å². The summed E-state index contributed by atoms with van der Waals surface area (Å²) in [5.41, 5.74) is 2.63. The largest absolute Gasteiger partial charge is 0.326 e. The van der Waals surface area contributed by atoms with Gasteiger partial charge in [-0.15, -0.1) is 0 Å². The molecule has 1 aliphatic heterocycles. The second-order valence-electron chi connectivity index (χ2n) is 7.45. The molecule has 0 spiro atoms. The van der Waals surface area contributed by atoms with Gasteiger partial charge in [0.25, 0.3) is 0 Å². The first-order valence-electron chi connectivity index (χ1n) is 9.80. The van der Waals surface area contributed by atoms with Gasteiger partial charge in [-0.3, -0.25) is 9.48 Å². The second-order valence-corrected chi connectivity index (χ2v) is 9.76. The molecule has 0 aliphatic carbocycles. The first-order valence-corrected chi connectivity index (χ1v) is 11.6. The number of anilines is 1. The van der Waals surface area contributed by atoms with E-state index in [2.05, 4.69) is 10.4 Å². The fourth-order valence-corrected chi connectivity index (χ4v) is 5.72. The Labute approximate surface area is 177 Å². The maximum atomic E-state index is 13.1. The number of hydrogen-bond donors (Lipinski definition) is 1.